The van der Waals surface area contributed by atoms with Gasteiger partial charge in [0.2, 0.25) is 0 Å². The van der Waals surface area contributed by atoms with Gasteiger partial charge >= 0.3 is 6.03 Å². The summed E-state index contributed by atoms with van der Waals surface area (Å²) in [6, 6.07) is 28.3. The maximum Gasteiger partial charge on any atom is 0.319 e. The summed E-state index contributed by atoms with van der Waals surface area (Å²) in [6.07, 6.45) is 5.74. The zero-order chi connectivity index (χ0) is 27.6. The third-order valence-electron chi connectivity index (χ3n) is 7.81. The van der Waals surface area contributed by atoms with E-state index in [4.69, 9.17) is 0 Å². The fourth-order valence-electron chi connectivity index (χ4n) is 5.57. The van der Waals surface area contributed by atoms with Crippen molar-refractivity contribution in [2.24, 2.45) is 0 Å². The zero-order valence-corrected chi connectivity index (χ0v) is 23.2. The number of β-amino-alcohol motifs (C(OH)–C–C–N with tert-alkyl or cyclic N) is 1. The minimum absolute atomic E-state index is 0.134. The van der Waals surface area contributed by atoms with Gasteiger partial charge < -0.3 is 25.5 Å². The summed E-state index contributed by atoms with van der Waals surface area (Å²) in [5, 5.41) is 17.0. The molecule has 3 N–H and O–H groups in total. The van der Waals surface area contributed by atoms with Gasteiger partial charge in [-0.25, -0.2) is 4.79 Å². The second-order valence-electron chi connectivity index (χ2n) is 10.8. The Hall–Kier alpha value is -3.65. The molecule has 2 saturated heterocycles. The van der Waals surface area contributed by atoms with E-state index < -0.39 is 0 Å². The number of hydrogen-bond acceptors (Lipinski definition) is 5. The van der Waals surface area contributed by atoms with E-state index in [1.165, 1.54) is 5.56 Å². The number of anilines is 1. The van der Waals surface area contributed by atoms with Crippen molar-refractivity contribution in [1.82, 2.24) is 20.0 Å². The molecule has 3 aromatic carbocycles. The number of rotatable bonds is 9. The predicted octanol–water partition coefficient (Wildman–Crippen LogP) is 4.59. The third-order valence-corrected chi connectivity index (χ3v) is 7.81. The minimum Gasteiger partial charge on any atom is -0.390 e. The number of carbonyl (C=O) groups is 1. The molecule has 2 aliphatic rings. The van der Waals surface area contributed by atoms with Gasteiger partial charge in [-0.1, -0.05) is 78.9 Å². The summed E-state index contributed by atoms with van der Waals surface area (Å²) >= 11 is 0. The molecule has 2 amide bonds. The van der Waals surface area contributed by atoms with Crippen molar-refractivity contribution in [1.29, 1.82) is 0 Å². The Bertz CT molecular complexity index is 1220. The van der Waals surface area contributed by atoms with Crippen molar-refractivity contribution in [3.05, 3.63) is 96.7 Å². The van der Waals surface area contributed by atoms with Gasteiger partial charge in [0.25, 0.3) is 0 Å². The second kappa shape index (κ2) is 14.1. The molecule has 0 aliphatic carbocycles. The highest BCUT2D eigenvalue weighted by Crippen LogP contribution is 2.27. The Kier molecular flexibility index (Phi) is 9.85. The average molecular weight is 540 g/mol. The lowest BCUT2D eigenvalue weighted by Gasteiger charge is -2.37. The van der Waals surface area contributed by atoms with Crippen LogP contribution in [0.1, 0.15) is 18.4 Å². The summed E-state index contributed by atoms with van der Waals surface area (Å²) < 4.78 is 0. The van der Waals surface area contributed by atoms with Crippen LogP contribution in [0.3, 0.4) is 0 Å². The molecule has 7 nitrogen and oxygen atoms in total. The van der Waals surface area contributed by atoms with Gasteiger partial charge in [0.1, 0.15) is 0 Å². The number of urea groups is 1. The molecule has 0 saturated carbocycles. The van der Waals surface area contributed by atoms with Crippen LogP contribution in [0.25, 0.3) is 17.2 Å². The van der Waals surface area contributed by atoms with Crippen LogP contribution in [0.15, 0.2) is 91.1 Å². The molecule has 0 aromatic heterocycles. The highest BCUT2D eigenvalue weighted by molar-refractivity contribution is 5.94. The predicted molar refractivity (Wildman–Crippen MR) is 163 cm³/mol. The molecule has 3 aromatic rings. The molecule has 0 bridgehead atoms. The number of para-hydroxylation sites is 1. The summed E-state index contributed by atoms with van der Waals surface area (Å²) in [6.45, 7) is 7.02. The molecular weight excluding hydrogens is 498 g/mol. The summed E-state index contributed by atoms with van der Waals surface area (Å²) in [4.78, 5) is 19.8. The van der Waals surface area contributed by atoms with Crippen LogP contribution >= 0.6 is 0 Å². The molecule has 2 heterocycles. The number of likely N-dealkylation sites (tertiary alicyclic amines) is 1. The molecule has 5 rings (SSSR count). The molecular formula is C33H41N5O2. The monoisotopic (exact) mass is 539 g/mol. The molecule has 1 atom stereocenters. The molecule has 1 unspecified atom stereocenters. The van der Waals surface area contributed by atoms with E-state index in [-0.39, 0.29) is 18.2 Å². The lowest BCUT2D eigenvalue weighted by molar-refractivity contribution is 0.0507. The normalized spacial score (nSPS) is 18.1. The van der Waals surface area contributed by atoms with Gasteiger partial charge in [-0.05, 0) is 42.3 Å². The summed E-state index contributed by atoms with van der Waals surface area (Å²) in [5.74, 6) is 0. The number of piperazine rings is 1. The van der Waals surface area contributed by atoms with Crippen LogP contribution < -0.4 is 10.6 Å². The quantitative estimate of drug-likeness (QED) is 0.371. The van der Waals surface area contributed by atoms with E-state index in [0.29, 0.717) is 13.1 Å². The van der Waals surface area contributed by atoms with E-state index in [2.05, 4.69) is 61.9 Å². The van der Waals surface area contributed by atoms with Crippen LogP contribution in [0.4, 0.5) is 10.5 Å². The van der Waals surface area contributed by atoms with Gasteiger partial charge in [-0.2, -0.15) is 0 Å². The highest BCUT2D eigenvalue weighted by atomic mass is 16.3. The first kappa shape index (κ1) is 27.9. The third kappa shape index (κ3) is 8.18. The van der Waals surface area contributed by atoms with Crippen LogP contribution in [-0.2, 0) is 0 Å². The zero-order valence-electron chi connectivity index (χ0n) is 23.2. The van der Waals surface area contributed by atoms with Gasteiger partial charge in [-0.15, -0.1) is 0 Å². The molecule has 2 fully saturated rings. The average Bonchev–Trinajstić information content (AvgIpc) is 2.99. The number of carbonyl (C=O) groups excluding carboxylic acids is 1. The SMILES string of the molecule is O=C(Nc1ccccc1-c1ccccc1)NC1CCN(CC(O)CN2CCN(/C=C/c3ccccc3)CC2)CC1. The van der Waals surface area contributed by atoms with Gasteiger partial charge in [0.05, 0.1) is 11.8 Å². The van der Waals surface area contributed by atoms with Crippen molar-refractivity contribution in [2.45, 2.75) is 25.0 Å². The first-order chi connectivity index (χ1) is 19.6. The number of aliphatic hydroxyl groups excluding tert-OH is 1. The summed E-state index contributed by atoms with van der Waals surface area (Å²) in [5.41, 5.74) is 4.10. The van der Waals surface area contributed by atoms with E-state index in [1.54, 1.807) is 0 Å². The fraction of sp³-hybridized carbons (Fsp3) is 0.364. The van der Waals surface area contributed by atoms with E-state index in [9.17, 15) is 9.90 Å². The van der Waals surface area contributed by atoms with Gasteiger partial charge in [-0.3, -0.25) is 4.90 Å². The first-order valence-corrected chi connectivity index (χ1v) is 14.4. The molecule has 210 valence electrons. The Balaban J connectivity index is 0.996. The highest BCUT2D eigenvalue weighted by Gasteiger charge is 2.24. The largest absolute Gasteiger partial charge is 0.390 e. The van der Waals surface area contributed by atoms with Crippen LogP contribution in [0.5, 0.6) is 0 Å². The maximum atomic E-state index is 12.8. The van der Waals surface area contributed by atoms with Gasteiger partial charge in [0, 0.05) is 64.0 Å². The fourth-order valence-corrected chi connectivity index (χ4v) is 5.57. The van der Waals surface area contributed by atoms with Gasteiger partial charge in [0.15, 0.2) is 0 Å². The summed E-state index contributed by atoms with van der Waals surface area (Å²) in [7, 11) is 0. The van der Waals surface area contributed by atoms with E-state index in [1.807, 2.05) is 60.7 Å². The minimum atomic E-state index is -0.367. The number of piperidine rings is 1. The molecule has 40 heavy (non-hydrogen) atoms. The Labute approximate surface area is 238 Å². The first-order valence-electron chi connectivity index (χ1n) is 14.4. The van der Waals surface area contributed by atoms with Crippen molar-refractivity contribution in [3.63, 3.8) is 0 Å². The topological polar surface area (TPSA) is 71.1 Å². The van der Waals surface area contributed by atoms with E-state index in [0.717, 1.165) is 68.9 Å². The Morgan fingerprint density at radius 1 is 0.800 bits per heavy atom. The maximum absolute atomic E-state index is 12.8. The number of hydrogen-bond donors (Lipinski definition) is 3. The van der Waals surface area contributed by atoms with Crippen molar-refractivity contribution in [3.8, 4) is 11.1 Å². The molecule has 0 spiro atoms. The smallest absolute Gasteiger partial charge is 0.319 e. The van der Waals surface area contributed by atoms with E-state index >= 15 is 0 Å². The van der Waals surface area contributed by atoms with Crippen molar-refractivity contribution < 1.29 is 9.90 Å². The number of aliphatic hydroxyl groups is 1. The molecule has 7 heteroatoms. The molecule has 0 radical (unpaired) electrons. The number of amides is 2. The number of nitrogens with zero attached hydrogens (tertiary/aromatic N) is 3. The Morgan fingerprint density at radius 2 is 1.40 bits per heavy atom. The number of nitrogens with one attached hydrogen (secondary N) is 2. The lowest BCUT2D eigenvalue weighted by atomic mass is 10.0. The second-order valence-corrected chi connectivity index (χ2v) is 10.8. The molecule has 2 aliphatic heterocycles. The van der Waals surface area contributed by atoms with Crippen molar-refractivity contribution in [2.75, 3.05) is 57.7 Å². The Morgan fingerprint density at radius 3 is 2.10 bits per heavy atom. The standard InChI is InChI=1S/C33H41N5O2/c39-30(26-38-23-21-36(22-24-38)18-15-27-9-3-1-4-10-27)25-37-19-16-29(17-20-37)34-33(40)35-32-14-8-7-13-31(32)28-11-5-2-6-12-28/h1-15,18,29-30,39H,16-17,19-26H2,(H2,34,35,40)/b18-15+. The van der Waals surface area contributed by atoms with Crippen LogP contribution in [0.2, 0.25) is 0 Å². The van der Waals surface area contributed by atoms with Crippen LogP contribution in [0, 0.1) is 0 Å². The van der Waals surface area contributed by atoms with Crippen LogP contribution in [-0.4, -0.2) is 90.3 Å². The number of benzene rings is 3. The lowest BCUT2D eigenvalue weighted by Crippen LogP contribution is -2.50. The van der Waals surface area contributed by atoms with Crippen molar-refractivity contribution >= 4 is 17.8 Å².